The van der Waals surface area contributed by atoms with Crippen LogP contribution in [0.25, 0.3) is 0 Å². The molecule has 6 nitrogen and oxygen atoms in total. The molecule has 0 N–H and O–H groups in total. The van der Waals surface area contributed by atoms with Gasteiger partial charge in [-0.3, -0.25) is 10.1 Å². The fourth-order valence-corrected chi connectivity index (χ4v) is 4.14. The largest absolute Gasteiger partial charge is 0.269 e. The predicted octanol–water partition coefficient (Wildman–Crippen LogP) is 3.35. The standard InChI is InChI=1S/C11H6Br2N2O4S/c12-10-9(5-6-14-11(10)13)20(18,19)8-3-1-7(2-4-8)15(16)17/h1-6H. The molecule has 0 aliphatic rings. The Bertz CT molecular complexity index is 776. The Kier molecular flexibility index (Phi) is 4.21. The third-order valence-corrected chi connectivity index (χ3v) is 6.47. The van der Waals surface area contributed by atoms with Crippen molar-refractivity contribution in [1.29, 1.82) is 0 Å². The molecule has 0 spiro atoms. The van der Waals surface area contributed by atoms with Crippen LogP contribution in [0.3, 0.4) is 0 Å². The molecule has 9 heteroatoms. The van der Waals surface area contributed by atoms with Crippen molar-refractivity contribution >= 4 is 47.4 Å². The number of halogens is 2. The van der Waals surface area contributed by atoms with Crippen LogP contribution in [0, 0.1) is 10.1 Å². The van der Waals surface area contributed by atoms with Gasteiger partial charge in [0, 0.05) is 18.3 Å². The molecule has 1 aromatic carbocycles. The molecule has 1 aromatic heterocycles. The van der Waals surface area contributed by atoms with Crippen LogP contribution in [0.2, 0.25) is 0 Å². The first-order valence-electron chi connectivity index (χ1n) is 5.13. The minimum atomic E-state index is -3.77. The summed E-state index contributed by atoms with van der Waals surface area (Å²) in [4.78, 5) is 13.9. The summed E-state index contributed by atoms with van der Waals surface area (Å²) in [6.07, 6.45) is 1.35. The Labute approximate surface area is 131 Å². The second kappa shape index (κ2) is 5.58. The van der Waals surface area contributed by atoms with Gasteiger partial charge in [0.2, 0.25) is 9.84 Å². The third kappa shape index (κ3) is 2.74. The SMILES string of the molecule is O=[N+]([O-])c1ccc(S(=O)(=O)c2ccnc(Br)c2Br)cc1. The van der Waals surface area contributed by atoms with Gasteiger partial charge in [-0.25, -0.2) is 13.4 Å². The second-order valence-corrected chi connectivity index (χ2v) is 7.13. The zero-order chi connectivity index (χ0) is 14.9. The molecule has 0 aliphatic carbocycles. The maximum atomic E-state index is 12.4. The number of benzene rings is 1. The summed E-state index contributed by atoms with van der Waals surface area (Å²) in [7, 11) is -3.77. The van der Waals surface area contributed by atoms with Crippen molar-refractivity contribution in [2.75, 3.05) is 0 Å². The molecule has 20 heavy (non-hydrogen) atoms. The van der Waals surface area contributed by atoms with Crippen molar-refractivity contribution in [3.8, 4) is 0 Å². The molecule has 0 bridgehead atoms. The van der Waals surface area contributed by atoms with Crippen LogP contribution in [0.15, 0.2) is 55.4 Å². The number of nitro benzene ring substituents is 1. The lowest BCUT2D eigenvalue weighted by molar-refractivity contribution is -0.384. The molecule has 2 aromatic rings. The van der Waals surface area contributed by atoms with Gasteiger partial charge in [0.15, 0.2) is 0 Å². The third-order valence-electron chi connectivity index (χ3n) is 2.46. The number of aromatic nitrogens is 1. The molecule has 0 unspecified atom stereocenters. The number of rotatable bonds is 3. The molecule has 2 rings (SSSR count). The van der Waals surface area contributed by atoms with Gasteiger partial charge < -0.3 is 0 Å². The van der Waals surface area contributed by atoms with Crippen molar-refractivity contribution < 1.29 is 13.3 Å². The summed E-state index contributed by atoms with van der Waals surface area (Å²) < 4.78 is 25.5. The van der Waals surface area contributed by atoms with E-state index in [2.05, 4.69) is 36.8 Å². The van der Waals surface area contributed by atoms with E-state index in [1.54, 1.807) is 0 Å². The summed E-state index contributed by atoms with van der Waals surface area (Å²) >= 11 is 6.28. The van der Waals surface area contributed by atoms with Crippen LogP contribution < -0.4 is 0 Å². The van der Waals surface area contributed by atoms with Crippen LogP contribution in [0.1, 0.15) is 0 Å². The fraction of sp³-hybridized carbons (Fsp3) is 0. The highest BCUT2D eigenvalue weighted by molar-refractivity contribution is 9.13. The molecule has 104 valence electrons. The maximum Gasteiger partial charge on any atom is 0.269 e. The van der Waals surface area contributed by atoms with E-state index in [0.717, 1.165) is 12.1 Å². The topological polar surface area (TPSA) is 90.2 Å². The van der Waals surface area contributed by atoms with E-state index in [0.29, 0.717) is 9.08 Å². The highest BCUT2D eigenvalue weighted by atomic mass is 79.9. The Morgan fingerprint density at radius 3 is 2.25 bits per heavy atom. The van der Waals surface area contributed by atoms with Gasteiger partial charge in [-0.2, -0.15) is 0 Å². The Balaban J connectivity index is 2.55. The van der Waals surface area contributed by atoms with Gasteiger partial charge in [0.05, 0.1) is 19.2 Å². The van der Waals surface area contributed by atoms with Crippen LogP contribution in [-0.4, -0.2) is 18.3 Å². The smallest absolute Gasteiger partial charge is 0.258 e. The first kappa shape index (κ1) is 15.1. The van der Waals surface area contributed by atoms with E-state index in [4.69, 9.17) is 0 Å². The van der Waals surface area contributed by atoms with Gasteiger partial charge >= 0.3 is 0 Å². The van der Waals surface area contributed by atoms with E-state index >= 15 is 0 Å². The summed E-state index contributed by atoms with van der Waals surface area (Å²) in [5.41, 5.74) is -0.168. The predicted molar refractivity (Wildman–Crippen MR) is 78.2 cm³/mol. The zero-order valence-electron chi connectivity index (χ0n) is 9.66. The second-order valence-electron chi connectivity index (χ2n) is 3.67. The molecule has 0 amide bonds. The zero-order valence-corrected chi connectivity index (χ0v) is 13.6. The number of nitrogens with zero attached hydrogens (tertiary/aromatic N) is 2. The van der Waals surface area contributed by atoms with Gasteiger partial charge in [-0.1, -0.05) is 0 Å². The average molecular weight is 422 g/mol. The first-order chi connectivity index (χ1) is 9.34. The van der Waals surface area contributed by atoms with Gasteiger partial charge in [-0.15, -0.1) is 0 Å². The molecule has 1 heterocycles. The van der Waals surface area contributed by atoms with E-state index in [-0.39, 0.29) is 15.5 Å². The molecule has 0 saturated heterocycles. The van der Waals surface area contributed by atoms with Crippen molar-refractivity contribution in [3.63, 3.8) is 0 Å². The normalized spacial score (nSPS) is 11.3. The van der Waals surface area contributed by atoms with Crippen molar-refractivity contribution in [2.24, 2.45) is 0 Å². The first-order valence-corrected chi connectivity index (χ1v) is 8.20. The summed E-state index contributed by atoms with van der Waals surface area (Å²) in [6, 6.07) is 6.06. The maximum absolute atomic E-state index is 12.4. The van der Waals surface area contributed by atoms with E-state index < -0.39 is 14.8 Å². The quantitative estimate of drug-likeness (QED) is 0.430. The van der Waals surface area contributed by atoms with Crippen LogP contribution in [0.4, 0.5) is 5.69 Å². The molecule has 0 atom stereocenters. The molecule has 0 fully saturated rings. The summed E-state index contributed by atoms with van der Waals surface area (Å²) in [6.45, 7) is 0. The van der Waals surface area contributed by atoms with E-state index in [1.165, 1.54) is 24.4 Å². The lowest BCUT2D eigenvalue weighted by atomic mass is 10.3. The van der Waals surface area contributed by atoms with Crippen molar-refractivity contribution in [1.82, 2.24) is 4.98 Å². The number of hydrogen-bond acceptors (Lipinski definition) is 5. The highest BCUT2D eigenvalue weighted by Crippen LogP contribution is 2.32. The molecule has 0 saturated carbocycles. The summed E-state index contributed by atoms with van der Waals surface area (Å²) in [5, 5.41) is 10.6. The van der Waals surface area contributed by atoms with Gasteiger partial charge in [-0.05, 0) is 50.1 Å². The van der Waals surface area contributed by atoms with Gasteiger partial charge in [0.25, 0.3) is 5.69 Å². The highest BCUT2D eigenvalue weighted by Gasteiger charge is 2.22. The number of sulfone groups is 1. The number of non-ortho nitro benzene ring substituents is 1. The Morgan fingerprint density at radius 1 is 1.10 bits per heavy atom. The fourth-order valence-electron chi connectivity index (χ4n) is 1.48. The number of hydrogen-bond donors (Lipinski definition) is 0. The molecule has 0 aliphatic heterocycles. The van der Waals surface area contributed by atoms with Gasteiger partial charge in [0.1, 0.15) is 4.60 Å². The monoisotopic (exact) mass is 420 g/mol. The Morgan fingerprint density at radius 2 is 1.70 bits per heavy atom. The molecular formula is C11H6Br2N2O4S. The van der Waals surface area contributed by atoms with Crippen molar-refractivity contribution in [2.45, 2.75) is 9.79 Å². The molecule has 0 radical (unpaired) electrons. The average Bonchev–Trinajstić information content (AvgIpc) is 2.41. The number of pyridine rings is 1. The minimum absolute atomic E-state index is 0.0260. The lowest BCUT2D eigenvalue weighted by Gasteiger charge is -2.07. The van der Waals surface area contributed by atoms with E-state index in [9.17, 15) is 18.5 Å². The lowest BCUT2D eigenvalue weighted by Crippen LogP contribution is -2.04. The van der Waals surface area contributed by atoms with Crippen LogP contribution in [0.5, 0.6) is 0 Å². The Hall–Kier alpha value is -1.32. The van der Waals surface area contributed by atoms with Crippen LogP contribution in [-0.2, 0) is 9.84 Å². The number of nitro groups is 1. The van der Waals surface area contributed by atoms with Crippen molar-refractivity contribution in [3.05, 3.63) is 55.7 Å². The minimum Gasteiger partial charge on any atom is -0.258 e. The molecular weight excluding hydrogens is 416 g/mol. The van der Waals surface area contributed by atoms with E-state index in [1.807, 2.05) is 0 Å². The summed E-state index contributed by atoms with van der Waals surface area (Å²) in [5.74, 6) is 0. The van der Waals surface area contributed by atoms with Crippen LogP contribution >= 0.6 is 31.9 Å².